The third-order valence-electron chi connectivity index (χ3n) is 3.33. The van der Waals surface area contributed by atoms with Gasteiger partial charge in [-0.25, -0.2) is 4.99 Å². The van der Waals surface area contributed by atoms with Crippen LogP contribution in [0.2, 0.25) is 0 Å². The van der Waals surface area contributed by atoms with Gasteiger partial charge in [0.05, 0.1) is 6.02 Å². The summed E-state index contributed by atoms with van der Waals surface area (Å²) >= 11 is 0. The molecule has 2 atom stereocenters. The molecule has 7 heteroatoms. The molecule has 0 saturated heterocycles. The Balaban J connectivity index is 0. The zero-order chi connectivity index (χ0) is 12.3. The number of hydrogen-bond acceptors (Lipinski definition) is 3. The zero-order valence-corrected chi connectivity index (χ0v) is 15.8. The van der Waals surface area contributed by atoms with Gasteiger partial charge in [0, 0.05) is 0 Å². The fraction of sp³-hybridized carbons (Fsp3) is 0.727. The summed E-state index contributed by atoms with van der Waals surface area (Å²) in [5.41, 5.74) is -1.15. The van der Waals surface area contributed by atoms with Gasteiger partial charge >= 0.3 is 67.3 Å². The number of hydrogen-bond donors (Lipinski definition) is 1. The van der Waals surface area contributed by atoms with Crippen LogP contribution in [0, 0.1) is 11.3 Å². The third kappa shape index (κ3) is 3.93. The van der Waals surface area contributed by atoms with Crippen molar-refractivity contribution >= 4 is 55.6 Å². The van der Waals surface area contributed by atoms with Gasteiger partial charge in [-0.2, -0.15) is 0 Å². The smallest absolute Gasteiger partial charge is 0.846 e. The minimum absolute atomic E-state index is 0. The molecule has 1 heterocycles. The minimum atomic E-state index is -1.15. The molecule has 90 valence electrons. The summed E-state index contributed by atoms with van der Waals surface area (Å²) in [7, 11) is 0. The molecule has 0 aliphatic carbocycles. The molecule has 0 aromatic heterocycles. The van der Waals surface area contributed by atoms with E-state index in [-0.39, 0.29) is 73.2 Å². The van der Waals surface area contributed by atoms with E-state index < -0.39 is 23.3 Å². The SMILES string of the molecule is CCCC(C)C1(CC)C(=O)N=C([O-])NC1=O.[Ca+2].[Na+]. The number of nitrogens with one attached hydrogen (secondary N) is 1. The molecule has 2 unspecified atom stereocenters. The predicted molar refractivity (Wildman–Crippen MR) is 63.1 cm³/mol. The largest absolute Gasteiger partial charge is 2.00 e. The maximum absolute atomic E-state index is 11.9. The van der Waals surface area contributed by atoms with Crippen LogP contribution in [0.1, 0.15) is 40.0 Å². The fourth-order valence-electron chi connectivity index (χ4n) is 2.30. The van der Waals surface area contributed by atoms with Crippen molar-refractivity contribution in [3.63, 3.8) is 0 Å². The number of amides is 2. The minimum Gasteiger partial charge on any atom is -0.846 e. The molecule has 2 amide bonds. The van der Waals surface area contributed by atoms with Crippen molar-refractivity contribution in [2.75, 3.05) is 0 Å². The van der Waals surface area contributed by atoms with Gasteiger partial charge < -0.3 is 10.4 Å². The summed E-state index contributed by atoms with van der Waals surface area (Å²) in [6.07, 6.45) is 2.02. The topological polar surface area (TPSA) is 81.6 Å². The number of amidine groups is 1. The maximum atomic E-state index is 11.9. The molecular weight excluding hydrogens is 271 g/mol. The number of carbonyl (C=O) groups is 2. The molecule has 0 fully saturated rings. The zero-order valence-electron chi connectivity index (χ0n) is 11.6. The first-order valence-electron chi connectivity index (χ1n) is 5.60. The van der Waals surface area contributed by atoms with Crippen molar-refractivity contribution in [1.82, 2.24) is 5.32 Å². The van der Waals surface area contributed by atoms with Crippen molar-refractivity contribution in [3.05, 3.63) is 0 Å². The monoisotopic (exact) mass is 288 g/mol. The van der Waals surface area contributed by atoms with Crippen molar-refractivity contribution < 1.29 is 44.3 Å². The summed E-state index contributed by atoms with van der Waals surface area (Å²) in [5.74, 6) is -1.20. The summed E-state index contributed by atoms with van der Waals surface area (Å²) < 4.78 is 0. The van der Waals surface area contributed by atoms with E-state index in [1.165, 1.54) is 0 Å². The molecule has 0 radical (unpaired) electrons. The van der Waals surface area contributed by atoms with Crippen molar-refractivity contribution in [2.45, 2.75) is 40.0 Å². The molecule has 18 heavy (non-hydrogen) atoms. The van der Waals surface area contributed by atoms with Gasteiger partial charge in [-0.05, 0) is 18.8 Å². The van der Waals surface area contributed by atoms with Crippen LogP contribution in [0.4, 0.5) is 0 Å². The molecule has 0 aromatic rings. The number of carbonyl (C=O) groups excluding carboxylic acids is 2. The van der Waals surface area contributed by atoms with Crippen LogP contribution in [0.25, 0.3) is 0 Å². The first-order chi connectivity index (χ1) is 7.48. The van der Waals surface area contributed by atoms with E-state index in [0.29, 0.717) is 6.42 Å². The van der Waals surface area contributed by atoms with Gasteiger partial charge in [-0.3, -0.25) is 9.59 Å². The van der Waals surface area contributed by atoms with E-state index in [0.717, 1.165) is 12.8 Å². The quantitative estimate of drug-likeness (QED) is 0.437. The fourth-order valence-corrected chi connectivity index (χ4v) is 2.30. The van der Waals surface area contributed by atoms with Crippen LogP contribution in [0.5, 0.6) is 0 Å². The number of aliphatic imine (C=N–C) groups is 1. The van der Waals surface area contributed by atoms with Gasteiger partial charge in [-0.15, -0.1) is 0 Å². The first kappa shape index (κ1) is 21.2. The molecule has 0 bridgehead atoms. The average Bonchev–Trinajstić information content (AvgIpc) is 2.18. The van der Waals surface area contributed by atoms with Crippen LogP contribution in [0.3, 0.4) is 0 Å². The van der Waals surface area contributed by atoms with Gasteiger partial charge in [0.2, 0.25) is 5.91 Å². The molecular formula is C11H17CaN2NaO3+2. The summed E-state index contributed by atoms with van der Waals surface area (Å²) in [5, 5.41) is 13.1. The second kappa shape index (κ2) is 8.93. The predicted octanol–water partition coefficient (Wildman–Crippen LogP) is -3.19. The first-order valence-corrected chi connectivity index (χ1v) is 5.60. The van der Waals surface area contributed by atoms with Crippen LogP contribution in [-0.2, 0) is 9.59 Å². The molecule has 1 rings (SSSR count). The normalized spacial score (nSPS) is 24.3. The Bertz CT molecular complexity index is 349. The summed E-state index contributed by atoms with van der Waals surface area (Å²) in [6.45, 7) is 5.62. The molecule has 0 spiro atoms. The van der Waals surface area contributed by atoms with Crippen molar-refractivity contribution in [3.8, 4) is 0 Å². The van der Waals surface area contributed by atoms with Gasteiger partial charge in [0.15, 0.2) is 0 Å². The standard InChI is InChI=1S/C11H18N2O3.Ca.Na/c1-4-6-7(3)11(5-2)8(14)12-10(16)13-9(11)15;;/h7H,4-6H2,1-3H3,(H2,12,13,14,15,16);;/q;+2;+1/p-1. The van der Waals surface area contributed by atoms with Gasteiger partial charge in [0.1, 0.15) is 5.41 Å². The molecule has 1 N–H and O–H groups in total. The molecule has 5 nitrogen and oxygen atoms in total. The summed E-state index contributed by atoms with van der Waals surface area (Å²) in [6, 6.07) is -0.845. The van der Waals surface area contributed by atoms with Gasteiger partial charge in [0.25, 0.3) is 5.91 Å². The maximum Gasteiger partial charge on any atom is 2.00 e. The Kier molecular flexibility index (Phi) is 10.5. The van der Waals surface area contributed by atoms with Crippen molar-refractivity contribution in [2.24, 2.45) is 16.3 Å². The Morgan fingerprint density at radius 1 is 1.39 bits per heavy atom. The van der Waals surface area contributed by atoms with Crippen LogP contribution in [-0.4, -0.2) is 55.6 Å². The number of rotatable bonds is 4. The van der Waals surface area contributed by atoms with Crippen LogP contribution >= 0.6 is 0 Å². The van der Waals surface area contributed by atoms with Gasteiger partial charge in [-0.1, -0.05) is 27.2 Å². The Morgan fingerprint density at radius 3 is 2.33 bits per heavy atom. The Hall–Kier alpha value is 0.870. The van der Waals surface area contributed by atoms with E-state index in [4.69, 9.17) is 0 Å². The van der Waals surface area contributed by atoms with E-state index in [9.17, 15) is 14.7 Å². The second-order valence-electron chi connectivity index (χ2n) is 4.19. The van der Waals surface area contributed by atoms with E-state index in [2.05, 4.69) is 10.3 Å². The van der Waals surface area contributed by atoms with E-state index in [1.54, 1.807) is 6.92 Å². The van der Waals surface area contributed by atoms with Crippen molar-refractivity contribution in [1.29, 1.82) is 0 Å². The third-order valence-corrected chi connectivity index (χ3v) is 3.33. The second-order valence-corrected chi connectivity index (χ2v) is 4.19. The molecule has 1 aliphatic heterocycles. The van der Waals surface area contributed by atoms with E-state index in [1.807, 2.05) is 13.8 Å². The molecule has 0 aromatic carbocycles. The molecule has 1 aliphatic rings. The molecule has 0 saturated carbocycles. The van der Waals surface area contributed by atoms with Crippen LogP contribution in [0.15, 0.2) is 4.99 Å². The summed E-state index contributed by atoms with van der Waals surface area (Å²) in [4.78, 5) is 27.1. The Labute approximate surface area is 159 Å². The van der Waals surface area contributed by atoms with Crippen LogP contribution < -0.4 is 40.0 Å². The van der Waals surface area contributed by atoms with E-state index >= 15 is 0 Å². The Morgan fingerprint density at radius 2 is 1.94 bits per heavy atom. The average molecular weight is 288 g/mol. The number of nitrogens with zero attached hydrogens (tertiary/aromatic N) is 1.